The second-order valence-electron chi connectivity index (χ2n) is 3.99. The first-order chi connectivity index (χ1) is 8.04. The van der Waals surface area contributed by atoms with Gasteiger partial charge >= 0.3 is 5.69 Å². The van der Waals surface area contributed by atoms with E-state index >= 15 is 0 Å². The van der Waals surface area contributed by atoms with E-state index in [4.69, 9.17) is 4.74 Å². The number of aromatic amines is 1. The van der Waals surface area contributed by atoms with Gasteiger partial charge in [0.2, 0.25) is 0 Å². The third-order valence-corrected chi connectivity index (χ3v) is 2.88. The lowest BCUT2D eigenvalue weighted by Crippen LogP contribution is -2.33. The molecule has 4 unspecified atom stereocenters. The van der Waals surface area contributed by atoms with Crippen molar-refractivity contribution in [3.05, 3.63) is 33.1 Å². The Labute approximate surface area is 95.7 Å². The van der Waals surface area contributed by atoms with Gasteiger partial charge in [0.05, 0.1) is 6.10 Å². The molecule has 0 aliphatic carbocycles. The molecular weight excluding hydrogens is 228 g/mol. The monoisotopic (exact) mass is 240 g/mol. The fourth-order valence-electron chi connectivity index (χ4n) is 1.89. The van der Waals surface area contributed by atoms with Crippen molar-refractivity contribution < 1.29 is 14.6 Å². The number of aliphatic hydroxyl groups excluding tert-OH is 1. The lowest BCUT2D eigenvalue weighted by atomic mass is 10.0. The topological polar surface area (TPSA) is 101 Å². The van der Waals surface area contributed by atoms with E-state index in [9.17, 15) is 19.5 Å². The number of nitrogens with zero attached hydrogens (tertiary/aromatic N) is 1. The molecule has 0 saturated carbocycles. The number of nitrogens with one attached hydrogen (secondary N) is 1. The van der Waals surface area contributed by atoms with Gasteiger partial charge in [0, 0.05) is 18.2 Å². The van der Waals surface area contributed by atoms with Gasteiger partial charge in [-0.2, -0.15) is 0 Å². The average molecular weight is 240 g/mol. The molecule has 7 heteroatoms. The lowest BCUT2D eigenvalue weighted by Gasteiger charge is -2.17. The van der Waals surface area contributed by atoms with Crippen molar-refractivity contribution in [2.45, 2.75) is 25.4 Å². The van der Waals surface area contributed by atoms with Crippen LogP contribution in [0, 0.1) is 5.92 Å². The first-order valence-corrected chi connectivity index (χ1v) is 5.15. The van der Waals surface area contributed by atoms with Gasteiger partial charge in [-0.3, -0.25) is 14.3 Å². The van der Waals surface area contributed by atoms with E-state index in [1.54, 1.807) is 6.92 Å². The molecule has 2 N–H and O–H groups in total. The maximum atomic E-state index is 11.5. The zero-order chi connectivity index (χ0) is 12.6. The highest BCUT2D eigenvalue weighted by Crippen LogP contribution is 2.32. The Balaban J connectivity index is 2.38. The van der Waals surface area contributed by atoms with Gasteiger partial charge in [0.1, 0.15) is 12.3 Å². The van der Waals surface area contributed by atoms with E-state index < -0.39 is 35.6 Å². The van der Waals surface area contributed by atoms with Crippen LogP contribution in [0.2, 0.25) is 0 Å². The van der Waals surface area contributed by atoms with Crippen molar-refractivity contribution in [3.8, 4) is 0 Å². The molecule has 1 saturated heterocycles. The van der Waals surface area contributed by atoms with Crippen LogP contribution in [-0.2, 0) is 9.53 Å². The summed E-state index contributed by atoms with van der Waals surface area (Å²) in [5.74, 6) is -0.422. The highest BCUT2D eigenvalue weighted by atomic mass is 16.5. The molecule has 0 bridgehead atoms. The van der Waals surface area contributed by atoms with Crippen molar-refractivity contribution in [2.24, 2.45) is 5.92 Å². The van der Waals surface area contributed by atoms with Crippen LogP contribution in [0.15, 0.2) is 21.9 Å². The van der Waals surface area contributed by atoms with Gasteiger partial charge < -0.3 is 14.6 Å². The second-order valence-corrected chi connectivity index (χ2v) is 3.99. The molecule has 92 valence electrons. The van der Waals surface area contributed by atoms with Gasteiger partial charge in [-0.1, -0.05) is 6.92 Å². The summed E-state index contributed by atoms with van der Waals surface area (Å²) < 4.78 is 6.42. The highest BCUT2D eigenvalue weighted by molar-refractivity contribution is 5.57. The van der Waals surface area contributed by atoms with Gasteiger partial charge in [0.25, 0.3) is 5.56 Å². The maximum Gasteiger partial charge on any atom is 0.330 e. The summed E-state index contributed by atoms with van der Waals surface area (Å²) in [6.07, 6.45) is -0.894. The molecule has 4 atom stereocenters. The summed E-state index contributed by atoms with van der Waals surface area (Å²) in [5.41, 5.74) is -1.14. The Morgan fingerprint density at radius 1 is 1.53 bits per heavy atom. The van der Waals surface area contributed by atoms with Crippen molar-refractivity contribution in [3.63, 3.8) is 0 Å². The number of carbonyl (C=O) groups excluding carboxylic acids is 1. The summed E-state index contributed by atoms with van der Waals surface area (Å²) in [4.78, 5) is 35.2. The number of aldehydes is 1. The minimum absolute atomic E-state index is 0.422. The number of carbonyl (C=O) groups is 1. The third-order valence-electron chi connectivity index (χ3n) is 2.88. The Bertz CT molecular complexity index is 534. The maximum absolute atomic E-state index is 11.5. The summed E-state index contributed by atoms with van der Waals surface area (Å²) >= 11 is 0. The fraction of sp³-hybridized carbons (Fsp3) is 0.500. The molecule has 0 aromatic carbocycles. The zero-order valence-electron chi connectivity index (χ0n) is 9.07. The molecule has 1 aromatic heterocycles. The molecule has 2 rings (SSSR count). The van der Waals surface area contributed by atoms with E-state index in [0.29, 0.717) is 6.29 Å². The summed E-state index contributed by atoms with van der Waals surface area (Å²) in [6, 6.07) is 1.18. The fourth-order valence-corrected chi connectivity index (χ4v) is 1.89. The molecular formula is C10H12N2O5. The van der Waals surface area contributed by atoms with E-state index in [2.05, 4.69) is 4.98 Å². The van der Waals surface area contributed by atoms with Crippen LogP contribution >= 0.6 is 0 Å². The van der Waals surface area contributed by atoms with Crippen LogP contribution < -0.4 is 11.2 Å². The predicted octanol–water partition coefficient (Wildman–Crippen LogP) is -1.37. The number of aliphatic hydroxyl groups is 1. The first-order valence-electron chi connectivity index (χ1n) is 5.15. The number of hydrogen-bond acceptors (Lipinski definition) is 5. The smallest absolute Gasteiger partial charge is 0.330 e. The standard InChI is InChI=1S/C10H12N2O5/c1-5-8(15)6(4-13)17-9(5)12-3-2-7(14)11-10(12)16/h2-6,8-9,15H,1H3,(H,11,14,16). The zero-order valence-corrected chi connectivity index (χ0v) is 9.07. The molecule has 0 amide bonds. The van der Waals surface area contributed by atoms with Crippen molar-refractivity contribution >= 4 is 6.29 Å². The van der Waals surface area contributed by atoms with E-state index in [1.165, 1.54) is 12.3 Å². The molecule has 1 aromatic rings. The van der Waals surface area contributed by atoms with Crippen molar-refractivity contribution in [2.75, 3.05) is 0 Å². The van der Waals surface area contributed by atoms with Gasteiger partial charge in [-0.05, 0) is 0 Å². The van der Waals surface area contributed by atoms with Crippen LogP contribution in [0.1, 0.15) is 13.2 Å². The van der Waals surface area contributed by atoms with Gasteiger partial charge in [-0.15, -0.1) is 0 Å². The minimum atomic E-state index is -0.962. The lowest BCUT2D eigenvalue weighted by molar-refractivity contribution is -0.122. The molecule has 7 nitrogen and oxygen atoms in total. The Kier molecular flexibility index (Phi) is 2.95. The summed E-state index contributed by atoms with van der Waals surface area (Å²) in [7, 11) is 0. The molecule has 0 radical (unpaired) electrons. The molecule has 2 heterocycles. The molecule has 1 aliphatic heterocycles. The Morgan fingerprint density at radius 2 is 2.24 bits per heavy atom. The quantitative estimate of drug-likeness (QED) is 0.621. The van der Waals surface area contributed by atoms with Crippen LogP contribution in [-0.4, -0.2) is 33.2 Å². The number of hydrogen-bond donors (Lipinski definition) is 2. The van der Waals surface area contributed by atoms with Crippen LogP contribution in [0.4, 0.5) is 0 Å². The van der Waals surface area contributed by atoms with Gasteiger partial charge in [0.15, 0.2) is 6.29 Å². The van der Waals surface area contributed by atoms with E-state index in [1.807, 2.05) is 0 Å². The molecule has 0 spiro atoms. The number of ether oxygens (including phenoxy) is 1. The third kappa shape index (κ3) is 1.94. The normalized spacial score (nSPS) is 32.6. The number of rotatable bonds is 2. The van der Waals surface area contributed by atoms with Crippen molar-refractivity contribution in [1.29, 1.82) is 0 Å². The van der Waals surface area contributed by atoms with Crippen LogP contribution in [0.3, 0.4) is 0 Å². The highest BCUT2D eigenvalue weighted by Gasteiger charge is 2.42. The summed E-state index contributed by atoms with van der Waals surface area (Å²) in [5, 5.41) is 9.69. The van der Waals surface area contributed by atoms with E-state index in [-0.39, 0.29) is 0 Å². The minimum Gasteiger partial charge on any atom is -0.389 e. The number of H-pyrrole nitrogens is 1. The number of aromatic nitrogens is 2. The SMILES string of the molecule is CC1C(O)C(C=O)OC1n1ccc(=O)[nH]c1=O. The molecule has 1 fully saturated rings. The van der Waals surface area contributed by atoms with Crippen LogP contribution in [0.25, 0.3) is 0 Å². The predicted molar refractivity (Wildman–Crippen MR) is 56.5 cm³/mol. The van der Waals surface area contributed by atoms with E-state index in [0.717, 1.165) is 4.57 Å². The second kappa shape index (κ2) is 4.27. The van der Waals surface area contributed by atoms with Crippen LogP contribution in [0.5, 0.6) is 0 Å². The first kappa shape index (κ1) is 11.7. The van der Waals surface area contributed by atoms with Crippen molar-refractivity contribution in [1.82, 2.24) is 9.55 Å². The largest absolute Gasteiger partial charge is 0.389 e. The van der Waals surface area contributed by atoms with Gasteiger partial charge in [-0.25, -0.2) is 4.79 Å². The Hall–Kier alpha value is -1.73. The Morgan fingerprint density at radius 3 is 2.76 bits per heavy atom. The summed E-state index contributed by atoms with van der Waals surface area (Å²) in [6.45, 7) is 1.66. The average Bonchev–Trinajstić information content (AvgIpc) is 2.57. The molecule has 1 aliphatic rings. The molecule has 17 heavy (non-hydrogen) atoms.